The molecular weight excluding hydrogens is 236 g/mol. The Morgan fingerprint density at radius 2 is 2.33 bits per heavy atom. The summed E-state index contributed by atoms with van der Waals surface area (Å²) in [5, 5.41) is 6.19. The van der Waals surface area contributed by atoms with Crippen molar-refractivity contribution in [1.82, 2.24) is 10.1 Å². The first kappa shape index (κ1) is 12.6. The number of aromatic nitrogens is 1. The summed E-state index contributed by atoms with van der Waals surface area (Å²) in [6.45, 7) is 1.71. The molecular formula is C11H16N4O3. The molecule has 0 saturated heterocycles. The predicted octanol–water partition coefficient (Wildman–Crippen LogP) is -0.273. The molecule has 1 saturated carbocycles. The number of anilines is 1. The maximum atomic E-state index is 11.7. The van der Waals surface area contributed by atoms with Crippen LogP contribution < -0.4 is 11.1 Å². The summed E-state index contributed by atoms with van der Waals surface area (Å²) in [7, 11) is 1.58. The van der Waals surface area contributed by atoms with Gasteiger partial charge in [0.25, 0.3) is 0 Å². The van der Waals surface area contributed by atoms with Crippen molar-refractivity contribution in [2.45, 2.75) is 19.4 Å². The Bertz CT molecular complexity index is 471. The van der Waals surface area contributed by atoms with Crippen molar-refractivity contribution < 1.29 is 14.1 Å². The van der Waals surface area contributed by atoms with Crippen LogP contribution >= 0.6 is 0 Å². The van der Waals surface area contributed by atoms with Gasteiger partial charge in [-0.1, -0.05) is 5.16 Å². The lowest BCUT2D eigenvalue weighted by Crippen LogP contribution is -2.36. The van der Waals surface area contributed by atoms with Crippen LogP contribution in [0.4, 0.5) is 5.82 Å². The first-order valence-electron chi connectivity index (χ1n) is 5.71. The van der Waals surface area contributed by atoms with Crippen molar-refractivity contribution in [2.75, 3.05) is 18.9 Å². The number of aryl methyl sites for hydroxylation is 1. The molecule has 7 heteroatoms. The van der Waals surface area contributed by atoms with Crippen LogP contribution in [0.1, 0.15) is 12.2 Å². The van der Waals surface area contributed by atoms with E-state index >= 15 is 0 Å². The SMILES string of the molecule is Cc1cc(NC(=O)CN(C)C(=O)C2CC2N)no1. The van der Waals surface area contributed by atoms with Crippen LogP contribution in [0.2, 0.25) is 0 Å². The van der Waals surface area contributed by atoms with E-state index in [0.717, 1.165) is 0 Å². The smallest absolute Gasteiger partial charge is 0.245 e. The van der Waals surface area contributed by atoms with Crippen molar-refractivity contribution in [3.63, 3.8) is 0 Å². The van der Waals surface area contributed by atoms with Crippen molar-refractivity contribution in [3.8, 4) is 0 Å². The average molecular weight is 252 g/mol. The minimum atomic E-state index is -0.312. The number of carbonyl (C=O) groups is 2. The average Bonchev–Trinajstić information content (AvgIpc) is 2.88. The number of nitrogens with two attached hydrogens (primary N) is 1. The number of likely N-dealkylation sites (N-methyl/N-ethyl adjacent to an activating group) is 1. The molecule has 0 aromatic carbocycles. The number of nitrogens with one attached hydrogen (secondary N) is 1. The van der Waals surface area contributed by atoms with Gasteiger partial charge in [-0.25, -0.2) is 0 Å². The largest absolute Gasteiger partial charge is 0.360 e. The highest BCUT2D eigenvalue weighted by molar-refractivity contribution is 5.94. The van der Waals surface area contributed by atoms with Gasteiger partial charge in [-0.15, -0.1) is 0 Å². The molecule has 1 aliphatic rings. The van der Waals surface area contributed by atoms with Crippen LogP contribution in [-0.2, 0) is 9.59 Å². The van der Waals surface area contributed by atoms with Gasteiger partial charge in [0, 0.05) is 19.2 Å². The molecule has 2 amide bonds. The highest BCUT2D eigenvalue weighted by Crippen LogP contribution is 2.29. The lowest BCUT2D eigenvalue weighted by Gasteiger charge is -2.15. The molecule has 1 aliphatic carbocycles. The number of nitrogens with zero attached hydrogens (tertiary/aromatic N) is 2. The van der Waals surface area contributed by atoms with Crippen molar-refractivity contribution >= 4 is 17.6 Å². The third kappa shape index (κ3) is 2.86. The molecule has 7 nitrogen and oxygen atoms in total. The van der Waals surface area contributed by atoms with Crippen LogP contribution in [-0.4, -0.2) is 41.5 Å². The summed E-state index contributed by atoms with van der Waals surface area (Å²) >= 11 is 0. The van der Waals surface area contributed by atoms with Crippen molar-refractivity contribution in [2.24, 2.45) is 11.7 Å². The van der Waals surface area contributed by atoms with E-state index in [1.165, 1.54) is 4.90 Å². The summed E-state index contributed by atoms with van der Waals surface area (Å²) in [6, 6.07) is 1.55. The van der Waals surface area contributed by atoms with E-state index < -0.39 is 0 Å². The quantitative estimate of drug-likeness (QED) is 0.768. The zero-order valence-electron chi connectivity index (χ0n) is 10.3. The Balaban J connectivity index is 1.82. The van der Waals surface area contributed by atoms with Gasteiger partial charge >= 0.3 is 0 Å². The number of hydrogen-bond donors (Lipinski definition) is 2. The second-order valence-corrected chi connectivity index (χ2v) is 4.57. The Hall–Kier alpha value is -1.89. The first-order chi connectivity index (χ1) is 8.47. The van der Waals surface area contributed by atoms with Gasteiger partial charge < -0.3 is 20.5 Å². The maximum absolute atomic E-state index is 11.7. The van der Waals surface area contributed by atoms with E-state index in [1.54, 1.807) is 20.0 Å². The lowest BCUT2D eigenvalue weighted by atomic mass is 10.3. The summed E-state index contributed by atoms with van der Waals surface area (Å²) in [5.41, 5.74) is 5.59. The van der Waals surface area contributed by atoms with Crippen molar-refractivity contribution in [3.05, 3.63) is 11.8 Å². The normalized spacial score (nSPS) is 21.5. The lowest BCUT2D eigenvalue weighted by molar-refractivity contribution is -0.134. The highest BCUT2D eigenvalue weighted by atomic mass is 16.5. The van der Waals surface area contributed by atoms with Gasteiger partial charge in [0.15, 0.2) is 5.82 Å². The van der Waals surface area contributed by atoms with Crippen LogP contribution in [0.15, 0.2) is 10.6 Å². The third-order valence-electron chi connectivity index (χ3n) is 2.81. The number of rotatable bonds is 4. The molecule has 18 heavy (non-hydrogen) atoms. The molecule has 1 aromatic rings. The molecule has 1 aromatic heterocycles. The molecule has 2 unspecified atom stereocenters. The fourth-order valence-electron chi connectivity index (χ4n) is 1.68. The molecule has 98 valence electrons. The number of hydrogen-bond acceptors (Lipinski definition) is 5. The summed E-state index contributed by atoms with van der Waals surface area (Å²) in [4.78, 5) is 24.8. The van der Waals surface area contributed by atoms with E-state index in [1.807, 2.05) is 0 Å². The monoisotopic (exact) mass is 252 g/mol. The molecule has 0 radical (unpaired) electrons. The molecule has 2 rings (SSSR count). The van der Waals surface area contributed by atoms with Crippen LogP contribution in [0.5, 0.6) is 0 Å². The Kier molecular flexibility index (Phi) is 3.33. The molecule has 1 fully saturated rings. The maximum Gasteiger partial charge on any atom is 0.245 e. The topological polar surface area (TPSA) is 101 Å². The Morgan fingerprint density at radius 1 is 1.67 bits per heavy atom. The Labute approximate surface area is 104 Å². The zero-order chi connectivity index (χ0) is 13.3. The summed E-state index contributed by atoms with van der Waals surface area (Å²) in [5.74, 6) is 0.430. The van der Waals surface area contributed by atoms with E-state index in [0.29, 0.717) is 18.0 Å². The van der Waals surface area contributed by atoms with Gasteiger partial charge in [-0.2, -0.15) is 0 Å². The van der Waals surface area contributed by atoms with Crippen molar-refractivity contribution in [1.29, 1.82) is 0 Å². The first-order valence-corrected chi connectivity index (χ1v) is 5.71. The van der Waals surface area contributed by atoms with Crippen LogP contribution in [0.3, 0.4) is 0 Å². The molecule has 0 aliphatic heterocycles. The van der Waals surface area contributed by atoms with Gasteiger partial charge in [-0.05, 0) is 13.3 Å². The summed E-state index contributed by atoms with van der Waals surface area (Å²) in [6.07, 6.45) is 0.702. The summed E-state index contributed by atoms with van der Waals surface area (Å²) < 4.78 is 4.82. The number of carbonyl (C=O) groups excluding carboxylic acids is 2. The van der Waals surface area contributed by atoms with Crippen LogP contribution in [0, 0.1) is 12.8 Å². The standard InChI is InChI=1S/C11H16N4O3/c1-6-3-9(14-18-6)13-10(16)5-15(2)11(17)7-4-8(7)12/h3,7-8H,4-5,12H2,1-2H3,(H,13,14,16). The van der Waals surface area contributed by atoms with E-state index in [2.05, 4.69) is 10.5 Å². The zero-order valence-corrected chi connectivity index (χ0v) is 10.3. The van der Waals surface area contributed by atoms with Crippen LogP contribution in [0.25, 0.3) is 0 Å². The molecule has 0 bridgehead atoms. The van der Waals surface area contributed by atoms with E-state index in [-0.39, 0.29) is 30.3 Å². The van der Waals surface area contributed by atoms with Gasteiger partial charge in [0.05, 0.1) is 12.5 Å². The third-order valence-corrected chi connectivity index (χ3v) is 2.81. The minimum absolute atomic E-state index is 0.0199. The fourth-order valence-corrected chi connectivity index (χ4v) is 1.68. The molecule has 1 heterocycles. The molecule has 2 atom stereocenters. The fraction of sp³-hybridized carbons (Fsp3) is 0.545. The van der Waals surface area contributed by atoms with E-state index in [4.69, 9.17) is 10.3 Å². The molecule has 3 N–H and O–H groups in total. The second-order valence-electron chi connectivity index (χ2n) is 4.57. The highest BCUT2D eigenvalue weighted by Gasteiger charge is 2.41. The van der Waals surface area contributed by atoms with Gasteiger partial charge in [0.1, 0.15) is 5.76 Å². The van der Waals surface area contributed by atoms with E-state index in [9.17, 15) is 9.59 Å². The molecule has 0 spiro atoms. The van der Waals surface area contributed by atoms with Gasteiger partial charge in [-0.3, -0.25) is 9.59 Å². The minimum Gasteiger partial charge on any atom is -0.360 e. The van der Waals surface area contributed by atoms with Gasteiger partial charge in [0.2, 0.25) is 11.8 Å². The number of amides is 2. The predicted molar refractivity (Wildman–Crippen MR) is 63.6 cm³/mol. The Morgan fingerprint density at radius 3 is 2.83 bits per heavy atom. The second kappa shape index (κ2) is 4.77.